The summed E-state index contributed by atoms with van der Waals surface area (Å²) in [7, 11) is 0. The van der Waals surface area contributed by atoms with E-state index in [2.05, 4.69) is 62.4 Å². The molecule has 0 saturated heterocycles. The summed E-state index contributed by atoms with van der Waals surface area (Å²) in [4.78, 5) is 0. The van der Waals surface area contributed by atoms with Gasteiger partial charge in [0.25, 0.3) is 0 Å². The second-order valence-corrected chi connectivity index (χ2v) is 4.50. The van der Waals surface area contributed by atoms with Gasteiger partial charge in [-0.2, -0.15) is 0 Å². The lowest BCUT2D eigenvalue weighted by molar-refractivity contribution is 0.805. The first kappa shape index (κ1) is 11.9. The minimum atomic E-state index is 0.303. The lowest BCUT2D eigenvalue weighted by atomic mass is 9.86. The average Bonchev–Trinajstić information content (AvgIpc) is 2.34. The molecule has 2 rings (SSSR count). The summed E-state index contributed by atoms with van der Waals surface area (Å²) in [6.07, 6.45) is 0. The molecule has 2 aromatic carbocycles. The number of nitrogens with two attached hydrogens (primary N) is 1. The number of benzene rings is 2. The van der Waals surface area contributed by atoms with Crippen molar-refractivity contribution in [2.75, 3.05) is 6.54 Å². The Labute approximate surface area is 103 Å². The Bertz CT molecular complexity index is 457. The summed E-state index contributed by atoms with van der Waals surface area (Å²) in [6, 6.07) is 17.0. The Hall–Kier alpha value is -1.60. The zero-order valence-electron chi connectivity index (χ0n) is 10.5. The Kier molecular flexibility index (Phi) is 3.60. The van der Waals surface area contributed by atoms with Gasteiger partial charge in [0.1, 0.15) is 0 Å². The standard InChI is InChI=1S/C16H19N/c1-12-7-3-5-9-14(12)16(11-17)15-10-6-4-8-13(15)2/h3-10,16H,11,17H2,1-2H3. The zero-order chi connectivity index (χ0) is 12.3. The van der Waals surface area contributed by atoms with E-state index in [0.717, 1.165) is 0 Å². The fourth-order valence-electron chi connectivity index (χ4n) is 2.38. The van der Waals surface area contributed by atoms with Crippen molar-refractivity contribution in [3.05, 3.63) is 70.8 Å². The van der Waals surface area contributed by atoms with Crippen LogP contribution in [0.2, 0.25) is 0 Å². The van der Waals surface area contributed by atoms with Gasteiger partial charge in [-0.25, -0.2) is 0 Å². The molecule has 2 aromatic rings. The predicted molar refractivity (Wildman–Crippen MR) is 73.3 cm³/mol. The molecule has 0 spiro atoms. The molecular formula is C16H19N. The predicted octanol–water partition coefficient (Wildman–Crippen LogP) is 3.39. The molecule has 17 heavy (non-hydrogen) atoms. The minimum absolute atomic E-state index is 0.303. The topological polar surface area (TPSA) is 26.0 Å². The van der Waals surface area contributed by atoms with Crippen LogP contribution in [0.25, 0.3) is 0 Å². The monoisotopic (exact) mass is 225 g/mol. The lowest BCUT2D eigenvalue weighted by Gasteiger charge is -2.20. The maximum absolute atomic E-state index is 5.97. The molecule has 0 aliphatic heterocycles. The largest absolute Gasteiger partial charge is 0.330 e. The average molecular weight is 225 g/mol. The van der Waals surface area contributed by atoms with Crippen molar-refractivity contribution in [2.24, 2.45) is 5.73 Å². The van der Waals surface area contributed by atoms with Crippen LogP contribution in [-0.2, 0) is 0 Å². The van der Waals surface area contributed by atoms with E-state index in [1.807, 2.05) is 0 Å². The van der Waals surface area contributed by atoms with E-state index >= 15 is 0 Å². The van der Waals surface area contributed by atoms with Crippen molar-refractivity contribution in [3.63, 3.8) is 0 Å². The Morgan fingerprint density at radius 1 is 0.824 bits per heavy atom. The van der Waals surface area contributed by atoms with Crippen LogP contribution < -0.4 is 5.73 Å². The molecule has 0 amide bonds. The van der Waals surface area contributed by atoms with Crippen molar-refractivity contribution in [1.82, 2.24) is 0 Å². The van der Waals surface area contributed by atoms with Gasteiger partial charge in [-0.05, 0) is 36.1 Å². The van der Waals surface area contributed by atoms with E-state index in [1.54, 1.807) is 0 Å². The van der Waals surface area contributed by atoms with Gasteiger partial charge < -0.3 is 5.73 Å². The fourth-order valence-corrected chi connectivity index (χ4v) is 2.38. The Morgan fingerprint density at radius 2 is 1.24 bits per heavy atom. The third kappa shape index (κ3) is 2.40. The summed E-state index contributed by atoms with van der Waals surface area (Å²) >= 11 is 0. The van der Waals surface area contributed by atoms with E-state index < -0.39 is 0 Å². The van der Waals surface area contributed by atoms with Gasteiger partial charge in [-0.15, -0.1) is 0 Å². The van der Waals surface area contributed by atoms with Crippen LogP contribution in [0.3, 0.4) is 0 Å². The Balaban J connectivity index is 2.48. The highest BCUT2D eigenvalue weighted by molar-refractivity contribution is 5.41. The second kappa shape index (κ2) is 5.15. The van der Waals surface area contributed by atoms with Gasteiger partial charge in [0.2, 0.25) is 0 Å². The van der Waals surface area contributed by atoms with Crippen LogP contribution in [0.15, 0.2) is 48.5 Å². The summed E-state index contributed by atoms with van der Waals surface area (Å²) in [5.74, 6) is 0.303. The van der Waals surface area contributed by atoms with E-state index in [9.17, 15) is 0 Å². The molecule has 0 unspecified atom stereocenters. The van der Waals surface area contributed by atoms with Crippen LogP contribution in [-0.4, -0.2) is 6.54 Å². The first-order chi connectivity index (χ1) is 8.24. The van der Waals surface area contributed by atoms with Gasteiger partial charge in [-0.1, -0.05) is 48.5 Å². The van der Waals surface area contributed by atoms with Gasteiger partial charge in [-0.3, -0.25) is 0 Å². The molecule has 0 radical (unpaired) electrons. The number of rotatable bonds is 3. The molecule has 0 aromatic heterocycles. The van der Waals surface area contributed by atoms with E-state index in [0.29, 0.717) is 12.5 Å². The smallest absolute Gasteiger partial charge is 0.0217 e. The lowest BCUT2D eigenvalue weighted by Crippen LogP contribution is -2.15. The molecule has 1 heteroatoms. The van der Waals surface area contributed by atoms with Gasteiger partial charge in [0.05, 0.1) is 0 Å². The third-order valence-electron chi connectivity index (χ3n) is 3.36. The van der Waals surface area contributed by atoms with Gasteiger partial charge in [0, 0.05) is 12.5 Å². The molecule has 0 aliphatic carbocycles. The normalized spacial score (nSPS) is 10.8. The van der Waals surface area contributed by atoms with Gasteiger partial charge >= 0.3 is 0 Å². The SMILES string of the molecule is Cc1ccccc1C(CN)c1ccccc1C. The molecule has 2 N–H and O–H groups in total. The second-order valence-electron chi connectivity index (χ2n) is 4.50. The fraction of sp³-hybridized carbons (Fsp3) is 0.250. The first-order valence-corrected chi connectivity index (χ1v) is 6.05. The molecule has 0 fully saturated rings. The maximum Gasteiger partial charge on any atom is 0.0217 e. The Morgan fingerprint density at radius 3 is 1.59 bits per heavy atom. The highest BCUT2D eigenvalue weighted by Crippen LogP contribution is 2.28. The van der Waals surface area contributed by atoms with Crippen molar-refractivity contribution in [1.29, 1.82) is 0 Å². The van der Waals surface area contributed by atoms with Crippen molar-refractivity contribution < 1.29 is 0 Å². The highest BCUT2D eigenvalue weighted by Gasteiger charge is 2.15. The summed E-state index contributed by atoms with van der Waals surface area (Å²) in [6.45, 7) is 4.95. The third-order valence-corrected chi connectivity index (χ3v) is 3.36. The van der Waals surface area contributed by atoms with E-state index in [1.165, 1.54) is 22.3 Å². The maximum atomic E-state index is 5.97. The molecule has 0 aliphatic rings. The van der Waals surface area contributed by atoms with E-state index in [4.69, 9.17) is 5.73 Å². The summed E-state index contributed by atoms with van der Waals surface area (Å²) in [5, 5.41) is 0. The van der Waals surface area contributed by atoms with Crippen LogP contribution in [0.4, 0.5) is 0 Å². The van der Waals surface area contributed by atoms with Crippen molar-refractivity contribution in [3.8, 4) is 0 Å². The van der Waals surface area contributed by atoms with Gasteiger partial charge in [0.15, 0.2) is 0 Å². The molecule has 0 atom stereocenters. The number of hydrogen-bond acceptors (Lipinski definition) is 1. The van der Waals surface area contributed by atoms with Crippen molar-refractivity contribution in [2.45, 2.75) is 19.8 Å². The van der Waals surface area contributed by atoms with Crippen LogP contribution in [0.5, 0.6) is 0 Å². The summed E-state index contributed by atoms with van der Waals surface area (Å²) < 4.78 is 0. The van der Waals surface area contributed by atoms with E-state index in [-0.39, 0.29) is 0 Å². The van der Waals surface area contributed by atoms with Crippen LogP contribution in [0, 0.1) is 13.8 Å². The minimum Gasteiger partial charge on any atom is -0.330 e. The van der Waals surface area contributed by atoms with Crippen LogP contribution >= 0.6 is 0 Å². The molecule has 0 saturated carbocycles. The number of aryl methyl sites for hydroxylation is 2. The number of hydrogen-bond donors (Lipinski definition) is 1. The zero-order valence-corrected chi connectivity index (χ0v) is 10.5. The van der Waals surface area contributed by atoms with Crippen molar-refractivity contribution >= 4 is 0 Å². The quantitative estimate of drug-likeness (QED) is 0.851. The first-order valence-electron chi connectivity index (χ1n) is 6.05. The molecule has 0 bridgehead atoms. The molecule has 88 valence electrons. The molecular weight excluding hydrogens is 206 g/mol. The molecule has 0 heterocycles. The van der Waals surface area contributed by atoms with Crippen LogP contribution in [0.1, 0.15) is 28.2 Å². The molecule has 1 nitrogen and oxygen atoms in total. The summed E-state index contributed by atoms with van der Waals surface area (Å²) in [5.41, 5.74) is 11.3. The highest BCUT2D eigenvalue weighted by atomic mass is 14.5.